The number of rotatable bonds is 6. The number of benzene rings is 1. The third-order valence-corrected chi connectivity index (χ3v) is 4.23. The molecule has 1 aliphatic rings. The zero-order valence-electron chi connectivity index (χ0n) is 11.8. The lowest BCUT2D eigenvalue weighted by Crippen LogP contribution is -2.53. The van der Waals surface area contributed by atoms with E-state index in [0.717, 1.165) is 24.8 Å². The molecule has 2 rings (SSSR count). The molecular weight excluding hydrogens is 254 g/mol. The van der Waals surface area contributed by atoms with Crippen molar-refractivity contribution in [1.29, 1.82) is 0 Å². The van der Waals surface area contributed by atoms with E-state index in [0.29, 0.717) is 12.8 Å². The molecule has 0 bridgehead atoms. The largest absolute Gasteiger partial charge is 0.478 e. The van der Waals surface area contributed by atoms with Crippen LogP contribution in [0.4, 0.5) is 0 Å². The number of hydrogen-bond donors (Lipinski definition) is 2. The van der Waals surface area contributed by atoms with Gasteiger partial charge >= 0.3 is 5.97 Å². The molecule has 108 valence electrons. The molecule has 0 atom stereocenters. The van der Waals surface area contributed by atoms with Crippen LogP contribution in [0.1, 0.15) is 54.9 Å². The van der Waals surface area contributed by atoms with Crippen LogP contribution < -0.4 is 5.32 Å². The Kier molecular flexibility index (Phi) is 4.42. The summed E-state index contributed by atoms with van der Waals surface area (Å²) in [6.45, 7) is 2.12. The number of aryl methyl sites for hydroxylation is 1. The lowest BCUT2D eigenvalue weighted by Gasteiger charge is -2.42. The minimum atomic E-state index is -0.927. The van der Waals surface area contributed by atoms with Crippen molar-refractivity contribution in [3.8, 4) is 0 Å². The van der Waals surface area contributed by atoms with Gasteiger partial charge in [-0.3, -0.25) is 4.79 Å². The number of carboxylic acids is 1. The SMILES string of the molecule is CCC1(NC(=O)CCc2ccc(C(=O)O)cc2)CCC1. The fourth-order valence-corrected chi connectivity index (χ4v) is 2.60. The van der Waals surface area contributed by atoms with Crippen molar-refractivity contribution in [2.45, 2.75) is 51.0 Å². The monoisotopic (exact) mass is 275 g/mol. The van der Waals surface area contributed by atoms with Crippen LogP contribution in [-0.4, -0.2) is 22.5 Å². The number of nitrogens with one attached hydrogen (secondary N) is 1. The van der Waals surface area contributed by atoms with E-state index in [1.807, 2.05) is 0 Å². The lowest BCUT2D eigenvalue weighted by molar-refractivity contribution is -0.124. The van der Waals surface area contributed by atoms with Gasteiger partial charge in [0, 0.05) is 12.0 Å². The van der Waals surface area contributed by atoms with Crippen molar-refractivity contribution in [2.24, 2.45) is 0 Å². The predicted octanol–water partition coefficient (Wildman–Crippen LogP) is 2.77. The van der Waals surface area contributed by atoms with Crippen LogP contribution >= 0.6 is 0 Å². The molecular formula is C16H21NO3. The van der Waals surface area contributed by atoms with Crippen LogP contribution in [0.2, 0.25) is 0 Å². The summed E-state index contributed by atoms with van der Waals surface area (Å²) in [4.78, 5) is 22.7. The standard InChI is InChI=1S/C16H21NO3/c1-2-16(10-3-11-16)17-14(18)9-6-12-4-7-13(8-5-12)15(19)20/h4-5,7-8H,2-3,6,9-11H2,1H3,(H,17,18)(H,19,20). The first-order valence-corrected chi connectivity index (χ1v) is 7.18. The fraction of sp³-hybridized carbons (Fsp3) is 0.500. The van der Waals surface area contributed by atoms with Crippen molar-refractivity contribution in [3.05, 3.63) is 35.4 Å². The maximum absolute atomic E-state index is 12.0. The van der Waals surface area contributed by atoms with Crippen molar-refractivity contribution in [3.63, 3.8) is 0 Å². The molecule has 0 aromatic heterocycles. The third-order valence-electron chi connectivity index (χ3n) is 4.23. The summed E-state index contributed by atoms with van der Waals surface area (Å²) in [5, 5.41) is 12.0. The molecule has 0 spiro atoms. The highest BCUT2D eigenvalue weighted by atomic mass is 16.4. The first kappa shape index (κ1) is 14.6. The molecule has 0 heterocycles. The molecule has 1 saturated carbocycles. The van der Waals surface area contributed by atoms with Crippen molar-refractivity contribution < 1.29 is 14.7 Å². The van der Waals surface area contributed by atoms with Gasteiger partial charge in [-0.2, -0.15) is 0 Å². The Morgan fingerprint density at radius 2 is 1.90 bits per heavy atom. The summed E-state index contributed by atoms with van der Waals surface area (Å²) in [6.07, 6.45) is 5.46. The quantitative estimate of drug-likeness (QED) is 0.839. The molecule has 4 nitrogen and oxygen atoms in total. The maximum Gasteiger partial charge on any atom is 0.335 e. The summed E-state index contributed by atoms with van der Waals surface area (Å²) in [7, 11) is 0. The van der Waals surface area contributed by atoms with Crippen LogP contribution in [0.25, 0.3) is 0 Å². The smallest absolute Gasteiger partial charge is 0.335 e. The highest BCUT2D eigenvalue weighted by Crippen LogP contribution is 2.34. The molecule has 1 fully saturated rings. The van der Waals surface area contributed by atoms with E-state index < -0.39 is 5.97 Å². The number of amides is 1. The Labute approximate surface area is 119 Å². The van der Waals surface area contributed by atoms with Gasteiger partial charge in [0.15, 0.2) is 0 Å². The average Bonchev–Trinajstić information content (AvgIpc) is 2.41. The number of carbonyl (C=O) groups is 2. The molecule has 0 aliphatic heterocycles. The van der Waals surface area contributed by atoms with Crippen LogP contribution in [0, 0.1) is 0 Å². The van der Waals surface area contributed by atoms with E-state index in [2.05, 4.69) is 12.2 Å². The molecule has 1 amide bonds. The van der Waals surface area contributed by atoms with Gasteiger partial charge in [-0.15, -0.1) is 0 Å². The van der Waals surface area contributed by atoms with Crippen LogP contribution in [0.15, 0.2) is 24.3 Å². The second-order valence-electron chi connectivity index (χ2n) is 5.54. The van der Waals surface area contributed by atoms with E-state index >= 15 is 0 Å². The van der Waals surface area contributed by atoms with Gasteiger partial charge in [0.25, 0.3) is 0 Å². The van der Waals surface area contributed by atoms with Crippen molar-refractivity contribution in [2.75, 3.05) is 0 Å². The Hall–Kier alpha value is -1.84. The van der Waals surface area contributed by atoms with E-state index in [1.54, 1.807) is 24.3 Å². The minimum Gasteiger partial charge on any atom is -0.478 e. The minimum absolute atomic E-state index is 0.0459. The third kappa shape index (κ3) is 3.38. The van der Waals surface area contributed by atoms with E-state index in [1.165, 1.54) is 6.42 Å². The van der Waals surface area contributed by atoms with Crippen molar-refractivity contribution >= 4 is 11.9 Å². The summed E-state index contributed by atoms with van der Waals surface area (Å²) in [5.41, 5.74) is 1.31. The number of aromatic carboxylic acids is 1. The van der Waals surface area contributed by atoms with Gasteiger partial charge in [-0.25, -0.2) is 4.79 Å². The molecule has 20 heavy (non-hydrogen) atoms. The van der Waals surface area contributed by atoms with Gasteiger partial charge in [0.1, 0.15) is 0 Å². The Bertz CT molecular complexity index is 483. The second kappa shape index (κ2) is 6.07. The predicted molar refractivity (Wildman–Crippen MR) is 76.7 cm³/mol. The molecule has 4 heteroatoms. The van der Waals surface area contributed by atoms with Crippen LogP contribution in [0.5, 0.6) is 0 Å². The first-order chi connectivity index (χ1) is 9.54. The van der Waals surface area contributed by atoms with Crippen LogP contribution in [0.3, 0.4) is 0 Å². The van der Waals surface area contributed by atoms with Gasteiger partial charge in [-0.1, -0.05) is 19.1 Å². The number of carbonyl (C=O) groups excluding carboxylic acids is 1. The Balaban J connectivity index is 1.82. The Morgan fingerprint density at radius 3 is 2.35 bits per heavy atom. The molecule has 2 N–H and O–H groups in total. The molecule has 1 aromatic rings. The summed E-state index contributed by atoms with van der Waals surface area (Å²) in [5.74, 6) is -0.835. The Morgan fingerprint density at radius 1 is 1.25 bits per heavy atom. The van der Waals surface area contributed by atoms with Crippen molar-refractivity contribution in [1.82, 2.24) is 5.32 Å². The van der Waals surface area contributed by atoms with Gasteiger partial charge in [0.2, 0.25) is 5.91 Å². The molecule has 0 radical (unpaired) electrons. The maximum atomic E-state index is 12.0. The number of hydrogen-bond acceptors (Lipinski definition) is 2. The number of carboxylic acid groups (broad SMARTS) is 1. The van der Waals surface area contributed by atoms with Gasteiger partial charge in [-0.05, 0) is 49.8 Å². The molecule has 0 saturated heterocycles. The summed E-state index contributed by atoms with van der Waals surface area (Å²) in [6, 6.07) is 6.70. The highest BCUT2D eigenvalue weighted by Gasteiger charge is 2.36. The average molecular weight is 275 g/mol. The normalized spacial score (nSPS) is 16.2. The lowest BCUT2D eigenvalue weighted by atomic mass is 9.75. The van der Waals surface area contributed by atoms with E-state index in [9.17, 15) is 9.59 Å². The topological polar surface area (TPSA) is 66.4 Å². The summed E-state index contributed by atoms with van der Waals surface area (Å²) < 4.78 is 0. The second-order valence-corrected chi connectivity index (χ2v) is 5.54. The summed E-state index contributed by atoms with van der Waals surface area (Å²) >= 11 is 0. The van der Waals surface area contributed by atoms with E-state index in [4.69, 9.17) is 5.11 Å². The van der Waals surface area contributed by atoms with Gasteiger partial charge in [0.05, 0.1) is 5.56 Å². The van der Waals surface area contributed by atoms with E-state index in [-0.39, 0.29) is 17.0 Å². The zero-order valence-corrected chi connectivity index (χ0v) is 11.8. The molecule has 0 unspecified atom stereocenters. The van der Waals surface area contributed by atoms with Gasteiger partial charge < -0.3 is 10.4 Å². The molecule has 1 aliphatic carbocycles. The zero-order chi connectivity index (χ0) is 14.6. The molecule has 1 aromatic carbocycles. The first-order valence-electron chi connectivity index (χ1n) is 7.18. The fourth-order valence-electron chi connectivity index (χ4n) is 2.60. The highest BCUT2D eigenvalue weighted by molar-refractivity contribution is 5.87. The van der Waals surface area contributed by atoms with Crippen LogP contribution in [-0.2, 0) is 11.2 Å².